The molecular weight excluding hydrogens is 357 g/mol. The van der Waals surface area contributed by atoms with E-state index in [0.717, 1.165) is 22.8 Å². The third-order valence-electron chi connectivity index (χ3n) is 3.32. The van der Waals surface area contributed by atoms with E-state index in [-0.39, 0.29) is 18.4 Å². The molecule has 1 aliphatic rings. The maximum absolute atomic E-state index is 12.2. The monoisotopic (exact) mass is 375 g/mol. The van der Waals surface area contributed by atoms with Crippen molar-refractivity contribution in [2.24, 2.45) is 0 Å². The summed E-state index contributed by atoms with van der Waals surface area (Å²) in [4.78, 5) is 13.9. The average Bonchev–Trinajstić information content (AvgIpc) is 2.89. The minimum absolute atomic E-state index is 0.150. The van der Waals surface area contributed by atoms with E-state index in [2.05, 4.69) is 22.6 Å². The molecule has 1 unspecified atom stereocenters. The van der Waals surface area contributed by atoms with Gasteiger partial charge in [-0.1, -0.05) is 52.9 Å². The quantitative estimate of drug-likeness (QED) is 0.600. The molecule has 5 heteroatoms. The lowest BCUT2D eigenvalue weighted by molar-refractivity contribution is -0.0174. The fraction of sp³-hybridized carbons (Fsp3) is 0.500. The lowest BCUT2D eigenvalue weighted by atomic mass is 10.2. The summed E-state index contributed by atoms with van der Waals surface area (Å²) >= 11 is 2.30. The normalized spacial score (nSPS) is 22.5. The summed E-state index contributed by atoms with van der Waals surface area (Å²) in [7, 11) is 1.64. The van der Waals surface area contributed by atoms with Gasteiger partial charge in [0.25, 0.3) is 0 Å². The Labute approximate surface area is 127 Å². The highest BCUT2D eigenvalue weighted by Crippen LogP contribution is 2.27. The predicted molar refractivity (Wildman–Crippen MR) is 81.2 cm³/mol. The lowest BCUT2D eigenvalue weighted by Crippen LogP contribution is -2.43. The van der Waals surface area contributed by atoms with Crippen LogP contribution in [0.2, 0.25) is 0 Å². The van der Waals surface area contributed by atoms with E-state index < -0.39 is 0 Å². The van der Waals surface area contributed by atoms with Crippen molar-refractivity contribution >= 4 is 28.7 Å². The molecule has 1 saturated heterocycles. The Kier molecular flexibility index (Phi) is 5.45. The molecule has 0 saturated carbocycles. The molecule has 1 aromatic rings. The minimum atomic E-state index is -0.283. The molecular formula is C14H18INO3. The molecule has 104 valence electrons. The van der Waals surface area contributed by atoms with Gasteiger partial charge in [0, 0.05) is 17.6 Å². The number of hydrogen-bond acceptors (Lipinski definition) is 3. The van der Waals surface area contributed by atoms with Crippen molar-refractivity contribution in [3.8, 4) is 0 Å². The van der Waals surface area contributed by atoms with Gasteiger partial charge in [0.15, 0.2) is 0 Å². The van der Waals surface area contributed by atoms with Crippen LogP contribution in [0.1, 0.15) is 18.4 Å². The molecule has 0 radical (unpaired) electrons. The van der Waals surface area contributed by atoms with Crippen LogP contribution in [-0.4, -0.2) is 34.8 Å². The number of carbonyl (C=O) groups is 1. The number of nitrogens with zero attached hydrogens (tertiary/aromatic N) is 1. The van der Waals surface area contributed by atoms with Gasteiger partial charge in [-0.2, -0.15) is 0 Å². The van der Waals surface area contributed by atoms with Crippen LogP contribution >= 0.6 is 22.6 Å². The van der Waals surface area contributed by atoms with Crippen LogP contribution in [0.3, 0.4) is 0 Å². The number of ether oxygens (including phenoxy) is 2. The van der Waals surface area contributed by atoms with Crippen molar-refractivity contribution in [2.45, 2.75) is 31.7 Å². The summed E-state index contributed by atoms with van der Waals surface area (Å²) in [5.74, 6) is 0. The Morgan fingerprint density at radius 2 is 2.11 bits per heavy atom. The molecule has 0 spiro atoms. The molecule has 1 aromatic carbocycles. The third-order valence-corrected chi connectivity index (χ3v) is 4.33. The Hall–Kier alpha value is -0.820. The van der Waals surface area contributed by atoms with Crippen molar-refractivity contribution in [3.63, 3.8) is 0 Å². The number of amides is 1. The second-order valence-corrected chi connectivity index (χ2v) is 5.40. The van der Waals surface area contributed by atoms with Crippen LogP contribution in [0.15, 0.2) is 30.3 Å². The van der Waals surface area contributed by atoms with Crippen molar-refractivity contribution in [1.82, 2.24) is 4.90 Å². The van der Waals surface area contributed by atoms with E-state index in [1.807, 2.05) is 30.3 Å². The SMILES string of the molecule is COC1CC[C@@H](CI)N1C(=O)OCc1ccccc1. The summed E-state index contributed by atoms with van der Waals surface area (Å²) in [6.45, 7) is 0.306. The van der Waals surface area contributed by atoms with Crippen molar-refractivity contribution in [1.29, 1.82) is 0 Å². The average molecular weight is 375 g/mol. The number of alkyl halides is 1. The number of hydrogen-bond donors (Lipinski definition) is 0. The van der Waals surface area contributed by atoms with Gasteiger partial charge in [0.1, 0.15) is 12.8 Å². The zero-order valence-corrected chi connectivity index (χ0v) is 13.1. The first kappa shape index (κ1) is 14.6. The number of benzene rings is 1. The van der Waals surface area contributed by atoms with Crippen LogP contribution in [0.25, 0.3) is 0 Å². The summed E-state index contributed by atoms with van der Waals surface area (Å²) < 4.78 is 11.6. The maximum atomic E-state index is 12.2. The van der Waals surface area contributed by atoms with Gasteiger partial charge < -0.3 is 9.47 Å². The molecule has 2 rings (SSSR count). The van der Waals surface area contributed by atoms with Crippen LogP contribution < -0.4 is 0 Å². The maximum Gasteiger partial charge on any atom is 0.412 e. The standard InChI is InChI=1S/C14H18INO3/c1-18-13-8-7-12(9-15)16(13)14(17)19-10-11-5-3-2-4-6-11/h2-6,12-13H,7-10H2,1H3/t12-,13?/m0/s1. The zero-order valence-electron chi connectivity index (χ0n) is 10.9. The minimum Gasteiger partial charge on any atom is -0.444 e. The van der Waals surface area contributed by atoms with E-state index in [9.17, 15) is 4.79 Å². The molecule has 4 nitrogen and oxygen atoms in total. The van der Waals surface area contributed by atoms with Crippen molar-refractivity contribution in [3.05, 3.63) is 35.9 Å². The first-order valence-corrected chi connectivity index (χ1v) is 7.86. The highest BCUT2D eigenvalue weighted by Gasteiger charge is 2.37. The van der Waals surface area contributed by atoms with Gasteiger partial charge in [-0.05, 0) is 18.4 Å². The molecule has 1 aliphatic heterocycles. The van der Waals surface area contributed by atoms with E-state index >= 15 is 0 Å². The number of methoxy groups -OCH3 is 1. The summed E-state index contributed by atoms with van der Waals surface area (Å²) in [5, 5.41) is 0. The van der Waals surface area contributed by atoms with Crippen LogP contribution in [0.4, 0.5) is 4.79 Å². The summed E-state index contributed by atoms with van der Waals surface area (Å²) in [6.07, 6.45) is 1.42. The second kappa shape index (κ2) is 7.09. The molecule has 0 aromatic heterocycles. The molecule has 2 atom stereocenters. The molecule has 0 aliphatic carbocycles. The largest absolute Gasteiger partial charge is 0.444 e. The van der Waals surface area contributed by atoms with E-state index in [4.69, 9.17) is 9.47 Å². The number of carbonyl (C=O) groups excluding carboxylic acids is 1. The van der Waals surface area contributed by atoms with Gasteiger partial charge in [-0.15, -0.1) is 0 Å². The van der Waals surface area contributed by atoms with Gasteiger partial charge in [0.2, 0.25) is 0 Å². The molecule has 0 bridgehead atoms. The van der Waals surface area contributed by atoms with Gasteiger partial charge >= 0.3 is 6.09 Å². The number of rotatable bonds is 4. The highest BCUT2D eigenvalue weighted by atomic mass is 127. The molecule has 1 fully saturated rings. The summed E-state index contributed by atoms with van der Waals surface area (Å²) in [5.41, 5.74) is 0.995. The topological polar surface area (TPSA) is 38.8 Å². The predicted octanol–water partition coefficient (Wildman–Crippen LogP) is 3.20. The second-order valence-electron chi connectivity index (χ2n) is 4.52. The van der Waals surface area contributed by atoms with E-state index in [0.29, 0.717) is 6.61 Å². The van der Waals surface area contributed by atoms with Gasteiger partial charge in [-0.25, -0.2) is 4.79 Å². The summed E-state index contributed by atoms with van der Waals surface area (Å²) in [6, 6.07) is 9.92. The van der Waals surface area contributed by atoms with Crippen molar-refractivity contribution in [2.75, 3.05) is 11.5 Å². The first-order chi connectivity index (χ1) is 9.26. The van der Waals surface area contributed by atoms with Gasteiger partial charge in [-0.3, -0.25) is 4.90 Å². The molecule has 19 heavy (non-hydrogen) atoms. The van der Waals surface area contributed by atoms with E-state index in [1.165, 1.54) is 0 Å². The Morgan fingerprint density at radius 3 is 2.74 bits per heavy atom. The lowest BCUT2D eigenvalue weighted by Gasteiger charge is -2.27. The fourth-order valence-corrected chi connectivity index (χ4v) is 3.16. The first-order valence-electron chi connectivity index (χ1n) is 6.34. The number of likely N-dealkylation sites (tertiary alicyclic amines) is 1. The van der Waals surface area contributed by atoms with E-state index in [1.54, 1.807) is 12.0 Å². The van der Waals surface area contributed by atoms with Crippen LogP contribution in [0, 0.1) is 0 Å². The smallest absolute Gasteiger partial charge is 0.412 e. The van der Waals surface area contributed by atoms with Crippen LogP contribution in [-0.2, 0) is 16.1 Å². The Morgan fingerprint density at radius 1 is 1.37 bits per heavy atom. The zero-order chi connectivity index (χ0) is 13.7. The van der Waals surface area contributed by atoms with Crippen LogP contribution in [0.5, 0.6) is 0 Å². The highest BCUT2D eigenvalue weighted by molar-refractivity contribution is 14.1. The Balaban J connectivity index is 1.94. The third kappa shape index (κ3) is 3.60. The fourth-order valence-electron chi connectivity index (χ4n) is 2.29. The number of halogens is 1. The van der Waals surface area contributed by atoms with Gasteiger partial charge in [0.05, 0.1) is 0 Å². The van der Waals surface area contributed by atoms with Crippen molar-refractivity contribution < 1.29 is 14.3 Å². The molecule has 0 N–H and O–H groups in total. The molecule has 1 heterocycles. The molecule has 1 amide bonds. The Bertz CT molecular complexity index is 400.